The van der Waals surface area contributed by atoms with Gasteiger partial charge in [0.1, 0.15) is 11.5 Å². The summed E-state index contributed by atoms with van der Waals surface area (Å²) >= 11 is 25.0. The molecule has 0 amide bonds. The van der Waals surface area contributed by atoms with Crippen LogP contribution in [0.3, 0.4) is 0 Å². The van der Waals surface area contributed by atoms with Crippen molar-refractivity contribution >= 4 is 56.5 Å². The highest BCUT2D eigenvalue weighted by Gasteiger charge is 2.53. The third kappa shape index (κ3) is 3.65. The third-order valence-corrected chi connectivity index (χ3v) is 6.96. The van der Waals surface area contributed by atoms with Crippen molar-refractivity contribution in [3.63, 3.8) is 0 Å². The van der Waals surface area contributed by atoms with Gasteiger partial charge in [-0.15, -0.1) is 0 Å². The van der Waals surface area contributed by atoms with Gasteiger partial charge in [0, 0.05) is 37.8 Å². The number of benzene rings is 3. The molecule has 0 heterocycles. The van der Waals surface area contributed by atoms with E-state index < -0.39 is 31.9 Å². The van der Waals surface area contributed by atoms with Gasteiger partial charge in [-0.2, -0.15) is 8.42 Å². The first kappa shape index (κ1) is 22.0. The number of hydrogen-bond acceptors (Lipinski definition) is 4. The van der Waals surface area contributed by atoms with E-state index in [1.54, 1.807) is 6.07 Å². The van der Waals surface area contributed by atoms with Gasteiger partial charge in [-0.05, 0) is 30.3 Å². The number of phenols is 2. The summed E-state index contributed by atoms with van der Waals surface area (Å²) in [7, 11) is -5.16. The van der Waals surface area contributed by atoms with Crippen LogP contribution in [0.15, 0.2) is 54.6 Å². The Kier molecular flexibility index (Phi) is 5.98. The zero-order valence-corrected chi connectivity index (χ0v) is 18.1. The Hall–Kier alpha value is -1.67. The molecular formula is C19H12Cl4O5S. The predicted octanol–water partition coefficient (Wildman–Crippen LogP) is 5.89. The number of rotatable bonds is 4. The lowest BCUT2D eigenvalue weighted by atomic mass is 9.83. The fourth-order valence-electron chi connectivity index (χ4n) is 3.26. The Balaban J connectivity index is 2.68. The van der Waals surface area contributed by atoms with Gasteiger partial charge in [-0.3, -0.25) is 4.55 Å². The molecule has 0 spiro atoms. The van der Waals surface area contributed by atoms with Crippen molar-refractivity contribution in [1.82, 2.24) is 0 Å². The molecule has 1 atom stereocenters. The SMILES string of the molecule is O=S(=O)(O)C(c1ccccc1Cl)(c1cc(Cl)ccc1Cl)c1c(O)cc(O)cc1Cl. The van der Waals surface area contributed by atoms with Crippen molar-refractivity contribution in [3.8, 4) is 11.5 Å². The van der Waals surface area contributed by atoms with Gasteiger partial charge in [0.25, 0.3) is 10.1 Å². The van der Waals surface area contributed by atoms with Gasteiger partial charge in [-0.25, -0.2) is 0 Å². The van der Waals surface area contributed by atoms with E-state index in [-0.39, 0.29) is 31.2 Å². The van der Waals surface area contributed by atoms with E-state index in [4.69, 9.17) is 46.4 Å². The van der Waals surface area contributed by atoms with E-state index in [2.05, 4.69) is 0 Å². The first-order valence-corrected chi connectivity index (χ1v) is 10.8. The molecule has 1 unspecified atom stereocenters. The zero-order chi connectivity index (χ0) is 21.6. The number of halogens is 4. The second-order valence-corrected chi connectivity index (χ2v) is 9.30. The van der Waals surface area contributed by atoms with E-state index in [1.807, 2.05) is 0 Å². The maximum Gasteiger partial charge on any atom is 0.283 e. The van der Waals surface area contributed by atoms with Crippen molar-refractivity contribution in [1.29, 1.82) is 0 Å². The maximum absolute atomic E-state index is 13.0. The second kappa shape index (κ2) is 7.87. The Morgan fingerprint density at radius 2 is 1.38 bits per heavy atom. The van der Waals surface area contributed by atoms with Gasteiger partial charge in [0.05, 0.1) is 5.02 Å². The number of aromatic hydroxyl groups is 2. The molecule has 3 N–H and O–H groups in total. The maximum atomic E-state index is 13.0. The smallest absolute Gasteiger partial charge is 0.283 e. The molecular weight excluding hydrogens is 482 g/mol. The van der Waals surface area contributed by atoms with Gasteiger partial charge in [0.15, 0.2) is 4.75 Å². The summed E-state index contributed by atoms with van der Waals surface area (Å²) in [5.74, 6) is -1.12. The molecule has 0 saturated carbocycles. The summed E-state index contributed by atoms with van der Waals surface area (Å²) in [4.78, 5) is 0. The highest BCUT2D eigenvalue weighted by atomic mass is 35.5. The van der Waals surface area contributed by atoms with Gasteiger partial charge in [0.2, 0.25) is 0 Å². The molecule has 3 aromatic carbocycles. The van der Waals surface area contributed by atoms with Crippen LogP contribution in [0.1, 0.15) is 16.7 Å². The van der Waals surface area contributed by atoms with Crippen LogP contribution in [0.5, 0.6) is 11.5 Å². The van der Waals surface area contributed by atoms with Crippen LogP contribution in [-0.2, 0) is 14.9 Å². The van der Waals surface area contributed by atoms with Crippen molar-refractivity contribution < 1.29 is 23.2 Å². The van der Waals surface area contributed by atoms with Crippen molar-refractivity contribution in [2.45, 2.75) is 4.75 Å². The van der Waals surface area contributed by atoms with Crippen LogP contribution >= 0.6 is 46.4 Å². The standard InChI is InChI=1S/C19H12Cl4O5S/c20-10-5-6-15(22)13(7-10)19(29(26,27)28,12-3-1-2-4-14(12)21)18-16(23)8-11(24)9-17(18)25/h1-9,24-25H,(H,26,27,28). The quantitative estimate of drug-likeness (QED) is 0.311. The van der Waals surface area contributed by atoms with Gasteiger partial charge in [-0.1, -0.05) is 64.6 Å². The fraction of sp³-hybridized carbons (Fsp3) is 0.0526. The van der Waals surface area contributed by atoms with Crippen molar-refractivity contribution in [3.05, 3.63) is 91.4 Å². The summed E-state index contributed by atoms with van der Waals surface area (Å²) in [6, 6.07) is 11.7. The van der Waals surface area contributed by atoms with Crippen LogP contribution in [-0.4, -0.2) is 23.2 Å². The Morgan fingerprint density at radius 1 is 0.759 bits per heavy atom. The van der Waals surface area contributed by atoms with E-state index in [0.717, 1.165) is 12.1 Å². The fourth-order valence-corrected chi connectivity index (χ4v) is 5.86. The minimum Gasteiger partial charge on any atom is -0.508 e. The highest BCUT2D eigenvalue weighted by molar-refractivity contribution is 7.87. The largest absolute Gasteiger partial charge is 0.508 e. The lowest BCUT2D eigenvalue weighted by molar-refractivity contribution is 0.431. The normalized spacial score (nSPS) is 13.8. The molecule has 0 fully saturated rings. The highest BCUT2D eigenvalue weighted by Crippen LogP contribution is 2.54. The molecule has 152 valence electrons. The summed E-state index contributed by atoms with van der Waals surface area (Å²) in [6.07, 6.45) is 0. The van der Waals surface area contributed by atoms with Gasteiger partial charge < -0.3 is 10.2 Å². The van der Waals surface area contributed by atoms with Crippen LogP contribution in [0.4, 0.5) is 0 Å². The number of phenolic OH excluding ortho intramolecular Hbond substituents is 2. The van der Waals surface area contributed by atoms with Crippen LogP contribution in [0, 0.1) is 0 Å². The summed E-state index contributed by atoms with van der Waals surface area (Å²) in [5, 5.41) is 20.0. The molecule has 3 aromatic rings. The van der Waals surface area contributed by atoms with Crippen LogP contribution < -0.4 is 0 Å². The lowest BCUT2D eigenvalue weighted by Crippen LogP contribution is -2.39. The van der Waals surface area contributed by atoms with Crippen LogP contribution in [0.2, 0.25) is 20.1 Å². The summed E-state index contributed by atoms with van der Waals surface area (Å²) in [5.41, 5.74) is -0.766. The average molecular weight is 494 g/mol. The third-order valence-electron chi connectivity index (χ3n) is 4.35. The number of hydrogen-bond donors (Lipinski definition) is 3. The molecule has 3 rings (SSSR count). The van der Waals surface area contributed by atoms with E-state index in [0.29, 0.717) is 0 Å². The predicted molar refractivity (Wildman–Crippen MR) is 114 cm³/mol. The molecule has 0 aliphatic heterocycles. The Bertz CT molecular complexity index is 1190. The molecule has 0 bridgehead atoms. The molecule has 0 aromatic heterocycles. The molecule has 0 aliphatic rings. The first-order valence-electron chi connectivity index (χ1n) is 7.89. The lowest BCUT2D eigenvalue weighted by Gasteiger charge is -2.35. The minimum absolute atomic E-state index is 0.0512. The van der Waals surface area contributed by atoms with E-state index in [9.17, 15) is 23.2 Å². The topological polar surface area (TPSA) is 94.8 Å². The molecule has 0 aliphatic carbocycles. The second-order valence-electron chi connectivity index (χ2n) is 6.08. The van der Waals surface area contributed by atoms with E-state index in [1.165, 1.54) is 36.4 Å². The zero-order valence-electron chi connectivity index (χ0n) is 14.3. The Labute approximate surface area is 186 Å². The monoisotopic (exact) mass is 492 g/mol. The minimum atomic E-state index is -5.16. The van der Waals surface area contributed by atoms with Crippen LogP contribution in [0.25, 0.3) is 0 Å². The average Bonchev–Trinajstić information content (AvgIpc) is 2.60. The van der Waals surface area contributed by atoms with Crippen molar-refractivity contribution in [2.24, 2.45) is 0 Å². The molecule has 0 radical (unpaired) electrons. The van der Waals surface area contributed by atoms with Gasteiger partial charge >= 0.3 is 0 Å². The Morgan fingerprint density at radius 3 is 1.97 bits per heavy atom. The molecule has 5 nitrogen and oxygen atoms in total. The summed E-state index contributed by atoms with van der Waals surface area (Å²) < 4.78 is 34.0. The van der Waals surface area contributed by atoms with E-state index >= 15 is 0 Å². The van der Waals surface area contributed by atoms with Crippen molar-refractivity contribution in [2.75, 3.05) is 0 Å². The molecule has 29 heavy (non-hydrogen) atoms. The molecule has 0 saturated heterocycles. The summed E-state index contributed by atoms with van der Waals surface area (Å²) in [6.45, 7) is 0. The first-order chi connectivity index (χ1) is 13.5. The molecule has 10 heteroatoms.